The summed E-state index contributed by atoms with van der Waals surface area (Å²) in [6.45, 7) is 8.30. The summed E-state index contributed by atoms with van der Waals surface area (Å²) in [4.78, 5) is 15.5. The average molecular weight is 454 g/mol. The fraction of sp³-hybridized carbons (Fsp3) is 0.957. The molecule has 0 radical (unpaired) electrons. The normalized spacial score (nSPS) is 54.7. The highest BCUT2D eigenvalue weighted by molar-refractivity contribution is 9.10. The Balaban J connectivity index is 1.41. The summed E-state index contributed by atoms with van der Waals surface area (Å²) >= 11 is 3.70. The molecule has 0 aromatic carbocycles. The van der Waals surface area contributed by atoms with E-state index in [-0.39, 0.29) is 22.4 Å². The molecule has 1 heterocycles. The molecular weight excluding hydrogens is 418 g/mol. The van der Waals surface area contributed by atoms with Crippen molar-refractivity contribution in [2.24, 2.45) is 34.5 Å². The van der Waals surface area contributed by atoms with Crippen molar-refractivity contribution in [1.82, 2.24) is 4.90 Å². The Labute approximate surface area is 177 Å². The molecule has 158 valence electrons. The van der Waals surface area contributed by atoms with Gasteiger partial charge in [-0.25, -0.2) is 0 Å². The zero-order valence-electron chi connectivity index (χ0n) is 17.4. The standard InChI is InChI=1S/C23H36BrNO3/c1-22-6-5-16-15(17(22)12-18(24)21(22)27)4-3-14-11-20(26)19(13-23(14,16)2)25-7-9-28-10-8-25/h14-20,26H,3-13H2,1-2H3/t14-,15+,16-,17-,18+,19-,20-,22-,23-/m0/s1. The maximum Gasteiger partial charge on any atom is 0.152 e. The van der Waals surface area contributed by atoms with Crippen LogP contribution in [0, 0.1) is 34.5 Å². The molecular formula is C23H36BrNO3. The minimum Gasteiger partial charge on any atom is -0.391 e. The summed E-state index contributed by atoms with van der Waals surface area (Å²) < 4.78 is 5.56. The number of fused-ring (bicyclic) bond motifs is 5. The first kappa shape index (κ1) is 20.0. The van der Waals surface area contributed by atoms with E-state index >= 15 is 0 Å². The fourth-order valence-corrected chi connectivity index (χ4v) is 9.23. The van der Waals surface area contributed by atoms with Crippen molar-refractivity contribution in [3.63, 3.8) is 0 Å². The predicted octanol–water partition coefficient (Wildman–Crippen LogP) is 3.64. The van der Waals surface area contributed by atoms with E-state index in [1.165, 1.54) is 19.3 Å². The van der Waals surface area contributed by atoms with Crippen LogP contribution in [0.15, 0.2) is 0 Å². The van der Waals surface area contributed by atoms with Crippen molar-refractivity contribution in [2.75, 3.05) is 26.3 Å². The van der Waals surface area contributed by atoms with Crippen molar-refractivity contribution >= 4 is 21.7 Å². The lowest BCUT2D eigenvalue weighted by atomic mass is 9.44. The van der Waals surface area contributed by atoms with Gasteiger partial charge < -0.3 is 9.84 Å². The second-order valence-corrected chi connectivity index (χ2v) is 12.0. The third kappa shape index (κ3) is 2.82. The largest absolute Gasteiger partial charge is 0.391 e. The Morgan fingerprint density at radius 3 is 2.61 bits per heavy atom. The van der Waals surface area contributed by atoms with Gasteiger partial charge >= 0.3 is 0 Å². The molecule has 0 amide bonds. The average Bonchev–Trinajstić information content (AvgIpc) is 2.92. The second kappa shape index (κ2) is 7.03. The van der Waals surface area contributed by atoms with Gasteiger partial charge in [0.2, 0.25) is 0 Å². The summed E-state index contributed by atoms with van der Waals surface area (Å²) in [5.41, 5.74) is 0.205. The van der Waals surface area contributed by atoms with Gasteiger partial charge in [-0.3, -0.25) is 9.69 Å². The molecule has 0 unspecified atom stereocenters. The summed E-state index contributed by atoms with van der Waals surface area (Å²) in [7, 11) is 0. The predicted molar refractivity (Wildman–Crippen MR) is 112 cm³/mol. The van der Waals surface area contributed by atoms with Gasteiger partial charge in [-0.15, -0.1) is 0 Å². The van der Waals surface area contributed by atoms with Crippen LogP contribution < -0.4 is 0 Å². The van der Waals surface area contributed by atoms with Crippen molar-refractivity contribution in [1.29, 1.82) is 0 Å². The highest BCUT2D eigenvalue weighted by Gasteiger charge is 2.63. The van der Waals surface area contributed by atoms with Gasteiger partial charge in [0.15, 0.2) is 5.78 Å². The first-order chi connectivity index (χ1) is 13.3. The zero-order chi connectivity index (χ0) is 19.7. The summed E-state index contributed by atoms with van der Waals surface area (Å²) in [6.07, 6.45) is 7.67. The van der Waals surface area contributed by atoms with Crippen LogP contribution in [-0.2, 0) is 9.53 Å². The Hall–Kier alpha value is 0.0300. The molecule has 5 heteroatoms. The number of carbonyl (C=O) groups excluding carboxylic acids is 1. The SMILES string of the molecule is C[C@]12C[C@H](N3CCOCC3)[C@@H](O)C[C@@H]1CC[C@@H]1[C@@H]2CC[C@]2(C)C(=O)[C@H](Br)C[C@@H]12. The molecule has 4 saturated carbocycles. The van der Waals surface area contributed by atoms with Crippen LogP contribution in [0.25, 0.3) is 0 Å². The Morgan fingerprint density at radius 1 is 1.11 bits per heavy atom. The number of aliphatic hydroxyl groups excluding tert-OH is 1. The van der Waals surface area contributed by atoms with Crippen molar-refractivity contribution in [3.05, 3.63) is 0 Å². The summed E-state index contributed by atoms with van der Waals surface area (Å²) in [6, 6.07) is 0.284. The van der Waals surface area contributed by atoms with Gasteiger partial charge in [0.1, 0.15) is 0 Å². The lowest BCUT2D eigenvalue weighted by molar-refractivity contribution is -0.156. The lowest BCUT2D eigenvalue weighted by Gasteiger charge is -2.62. The van der Waals surface area contributed by atoms with Crippen LogP contribution in [0.2, 0.25) is 0 Å². The zero-order valence-corrected chi connectivity index (χ0v) is 19.0. The summed E-state index contributed by atoms with van der Waals surface area (Å²) in [5, 5.41) is 11.0. The third-order valence-corrected chi connectivity index (χ3v) is 10.7. The van der Waals surface area contributed by atoms with Crippen LogP contribution in [0.3, 0.4) is 0 Å². The van der Waals surface area contributed by atoms with Crippen LogP contribution in [0.5, 0.6) is 0 Å². The van der Waals surface area contributed by atoms with E-state index in [2.05, 4.69) is 34.7 Å². The van der Waals surface area contributed by atoms with Crippen molar-refractivity contribution in [2.45, 2.75) is 75.8 Å². The maximum atomic E-state index is 12.9. The Kier molecular flexibility index (Phi) is 5.01. The number of hydrogen-bond donors (Lipinski definition) is 1. The molecule has 1 aliphatic heterocycles. The molecule has 28 heavy (non-hydrogen) atoms. The van der Waals surface area contributed by atoms with E-state index in [0.29, 0.717) is 34.9 Å². The van der Waals surface area contributed by atoms with Gasteiger partial charge in [-0.05, 0) is 74.0 Å². The molecule has 0 spiro atoms. The van der Waals surface area contributed by atoms with Crippen LogP contribution in [0.4, 0.5) is 0 Å². The number of alkyl halides is 1. The van der Waals surface area contributed by atoms with E-state index in [0.717, 1.165) is 52.0 Å². The third-order valence-electron chi connectivity index (χ3n) is 9.90. The number of aliphatic hydroxyl groups is 1. The molecule has 5 fully saturated rings. The lowest BCUT2D eigenvalue weighted by Crippen LogP contribution is -2.60. The minimum atomic E-state index is -0.193. The molecule has 9 atom stereocenters. The monoisotopic (exact) mass is 453 g/mol. The van der Waals surface area contributed by atoms with E-state index in [1.807, 2.05) is 0 Å². The fourth-order valence-electron chi connectivity index (χ4n) is 8.31. The molecule has 5 rings (SSSR count). The van der Waals surface area contributed by atoms with Gasteiger partial charge in [-0.2, -0.15) is 0 Å². The highest BCUT2D eigenvalue weighted by atomic mass is 79.9. The number of ether oxygens (including phenoxy) is 1. The smallest absolute Gasteiger partial charge is 0.152 e. The van der Waals surface area contributed by atoms with Crippen molar-refractivity contribution in [3.8, 4) is 0 Å². The molecule has 5 aliphatic rings. The number of nitrogens with zero attached hydrogens (tertiary/aromatic N) is 1. The van der Waals surface area contributed by atoms with Crippen molar-refractivity contribution < 1.29 is 14.6 Å². The van der Waals surface area contributed by atoms with Crippen LogP contribution >= 0.6 is 15.9 Å². The van der Waals surface area contributed by atoms with Gasteiger partial charge in [0, 0.05) is 24.5 Å². The van der Waals surface area contributed by atoms with Crippen LogP contribution in [-0.4, -0.2) is 59.1 Å². The quantitative estimate of drug-likeness (QED) is 0.615. The molecule has 4 nitrogen and oxygen atoms in total. The topological polar surface area (TPSA) is 49.8 Å². The van der Waals surface area contributed by atoms with Crippen LogP contribution in [0.1, 0.15) is 58.8 Å². The minimum absolute atomic E-state index is 0.0704. The molecule has 0 bridgehead atoms. The van der Waals surface area contributed by atoms with Gasteiger partial charge in [0.25, 0.3) is 0 Å². The number of ketones is 1. The molecule has 4 aliphatic carbocycles. The van der Waals surface area contributed by atoms with E-state index < -0.39 is 0 Å². The van der Waals surface area contributed by atoms with E-state index in [4.69, 9.17) is 4.74 Å². The highest BCUT2D eigenvalue weighted by Crippen LogP contribution is 2.66. The van der Waals surface area contributed by atoms with E-state index in [9.17, 15) is 9.90 Å². The second-order valence-electron chi connectivity index (χ2n) is 10.9. The number of rotatable bonds is 1. The number of morpholine rings is 1. The van der Waals surface area contributed by atoms with Gasteiger partial charge in [0.05, 0.1) is 24.1 Å². The molecule has 0 aromatic heterocycles. The van der Waals surface area contributed by atoms with E-state index in [1.54, 1.807) is 0 Å². The number of halogens is 1. The Bertz CT molecular complexity index is 637. The number of carbonyl (C=O) groups is 1. The van der Waals surface area contributed by atoms with Gasteiger partial charge in [-0.1, -0.05) is 29.8 Å². The first-order valence-electron chi connectivity index (χ1n) is 11.5. The Morgan fingerprint density at radius 2 is 1.86 bits per heavy atom. The number of hydrogen-bond acceptors (Lipinski definition) is 4. The molecule has 0 aromatic rings. The number of Topliss-reactive ketones (excluding diaryl/α,β-unsaturated/α-hetero) is 1. The maximum absolute atomic E-state index is 12.9. The molecule has 1 saturated heterocycles. The molecule has 1 N–H and O–H groups in total. The summed E-state index contributed by atoms with van der Waals surface area (Å²) in [5.74, 6) is 3.06. The first-order valence-corrected chi connectivity index (χ1v) is 12.4.